The molecule has 0 saturated heterocycles. The lowest BCUT2D eigenvalue weighted by Gasteiger charge is -2.08. The number of para-hydroxylation sites is 1. The monoisotopic (exact) mass is 183 g/mol. The summed E-state index contributed by atoms with van der Waals surface area (Å²) in [5, 5.41) is 0. The number of nitrogens with two attached hydrogens (primary N) is 1. The Balaban J connectivity index is 2.78. The van der Waals surface area contributed by atoms with Crippen molar-refractivity contribution in [3.8, 4) is 5.75 Å². The van der Waals surface area contributed by atoms with E-state index in [1.165, 1.54) is 0 Å². The van der Waals surface area contributed by atoms with Crippen LogP contribution in [0.1, 0.15) is 13.3 Å². The predicted octanol–water partition coefficient (Wildman–Crippen LogP) is 2.35. The first-order valence-corrected chi connectivity index (χ1v) is 4.40. The van der Waals surface area contributed by atoms with Gasteiger partial charge in [-0.1, -0.05) is 13.0 Å². The molecule has 1 aromatic carbocycles. The minimum absolute atomic E-state index is 0.620. The van der Waals surface area contributed by atoms with Crippen LogP contribution >= 0.6 is 12.6 Å². The Morgan fingerprint density at radius 2 is 2.25 bits per heavy atom. The zero-order valence-electron chi connectivity index (χ0n) is 7.08. The Morgan fingerprint density at radius 3 is 2.92 bits per heavy atom. The van der Waals surface area contributed by atoms with Crippen LogP contribution in [0, 0.1) is 0 Å². The molecule has 1 rings (SSSR count). The van der Waals surface area contributed by atoms with Gasteiger partial charge < -0.3 is 10.5 Å². The van der Waals surface area contributed by atoms with E-state index in [0.29, 0.717) is 12.3 Å². The summed E-state index contributed by atoms with van der Waals surface area (Å²) in [6.45, 7) is 2.75. The molecule has 12 heavy (non-hydrogen) atoms. The molecule has 0 fully saturated rings. The summed E-state index contributed by atoms with van der Waals surface area (Å²) in [6.07, 6.45) is 0.982. The third-order valence-electron chi connectivity index (χ3n) is 1.50. The second-order valence-corrected chi connectivity index (χ2v) is 3.02. The summed E-state index contributed by atoms with van der Waals surface area (Å²) in [6, 6.07) is 5.58. The van der Waals surface area contributed by atoms with E-state index in [1.807, 2.05) is 18.2 Å². The van der Waals surface area contributed by atoms with Gasteiger partial charge in [0.05, 0.1) is 12.3 Å². The Hall–Kier alpha value is -0.830. The van der Waals surface area contributed by atoms with Crippen LogP contribution in [0.5, 0.6) is 5.75 Å². The molecule has 0 unspecified atom stereocenters. The zero-order valence-corrected chi connectivity index (χ0v) is 7.97. The van der Waals surface area contributed by atoms with Crippen molar-refractivity contribution in [2.75, 3.05) is 12.3 Å². The number of anilines is 1. The molecule has 0 spiro atoms. The standard InChI is InChI=1S/C9H13NOS/c1-2-6-11-7-4-3-5-8(12)9(7)10/h3-5,12H,2,6,10H2,1H3. The fourth-order valence-electron chi connectivity index (χ4n) is 0.870. The van der Waals surface area contributed by atoms with Gasteiger partial charge in [0.2, 0.25) is 0 Å². The summed E-state index contributed by atoms with van der Waals surface area (Å²) < 4.78 is 5.39. The van der Waals surface area contributed by atoms with Crippen LogP contribution < -0.4 is 10.5 Å². The van der Waals surface area contributed by atoms with Crippen molar-refractivity contribution in [2.24, 2.45) is 0 Å². The van der Waals surface area contributed by atoms with E-state index >= 15 is 0 Å². The maximum absolute atomic E-state index is 5.72. The number of hydrogen-bond donors (Lipinski definition) is 2. The van der Waals surface area contributed by atoms with Crippen molar-refractivity contribution < 1.29 is 4.74 Å². The van der Waals surface area contributed by atoms with E-state index in [2.05, 4.69) is 19.6 Å². The van der Waals surface area contributed by atoms with Crippen LogP contribution in [0.15, 0.2) is 23.1 Å². The molecular weight excluding hydrogens is 170 g/mol. The second kappa shape index (κ2) is 4.26. The molecule has 0 saturated carbocycles. The van der Waals surface area contributed by atoms with Gasteiger partial charge in [0.1, 0.15) is 5.75 Å². The quantitative estimate of drug-likeness (QED) is 0.557. The number of benzene rings is 1. The van der Waals surface area contributed by atoms with E-state index in [-0.39, 0.29) is 0 Å². The van der Waals surface area contributed by atoms with Gasteiger partial charge in [0.25, 0.3) is 0 Å². The molecule has 66 valence electrons. The van der Waals surface area contributed by atoms with Crippen LogP contribution in [0.2, 0.25) is 0 Å². The first-order chi connectivity index (χ1) is 5.75. The highest BCUT2D eigenvalue weighted by Crippen LogP contribution is 2.27. The smallest absolute Gasteiger partial charge is 0.143 e. The molecule has 0 heterocycles. The van der Waals surface area contributed by atoms with Crippen LogP contribution in [0.4, 0.5) is 5.69 Å². The first kappa shape index (κ1) is 9.26. The number of rotatable bonds is 3. The van der Waals surface area contributed by atoms with Gasteiger partial charge in [-0.05, 0) is 18.6 Å². The lowest BCUT2D eigenvalue weighted by molar-refractivity contribution is 0.318. The molecule has 3 heteroatoms. The molecule has 2 N–H and O–H groups in total. The highest BCUT2D eigenvalue weighted by molar-refractivity contribution is 7.80. The molecule has 1 aromatic rings. The van der Waals surface area contributed by atoms with Gasteiger partial charge >= 0.3 is 0 Å². The highest BCUT2D eigenvalue weighted by Gasteiger charge is 2.01. The van der Waals surface area contributed by atoms with E-state index in [4.69, 9.17) is 10.5 Å². The molecule has 0 aromatic heterocycles. The Kier molecular flexibility index (Phi) is 3.29. The van der Waals surface area contributed by atoms with E-state index in [9.17, 15) is 0 Å². The van der Waals surface area contributed by atoms with Crippen molar-refractivity contribution >= 4 is 18.3 Å². The number of ether oxygens (including phenoxy) is 1. The Labute approximate surface area is 78.1 Å². The largest absolute Gasteiger partial charge is 0.491 e. The number of thiol groups is 1. The van der Waals surface area contributed by atoms with Crippen LogP contribution in [-0.2, 0) is 0 Å². The molecular formula is C9H13NOS. The van der Waals surface area contributed by atoms with E-state index in [0.717, 1.165) is 17.1 Å². The highest BCUT2D eigenvalue weighted by atomic mass is 32.1. The maximum atomic E-state index is 5.72. The first-order valence-electron chi connectivity index (χ1n) is 3.96. The SMILES string of the molecule is CCCOc1cccc(S)c1N. The lowest BCUT2D eigenvalue weighted by Crippen LogP contribution is -1.99. The molecule has 0 atom stereocenters. The van der Waals surface area contributed by atoms with Gasteiger partial charge in [-0.25, -0.2) is 0 Å². The summed E-state index contributed by atoms with van der Waals surface area (Å²) in [7, 11) is 0. The Bertz CT molecular complexity index is 263. The maximum Gasteiger partial charge on any atom is 0.143 e. The fourth-order valence-corrected chi connectivity index (χ4v) is 1.07. The molecule has 0 amide bonds. The summed E-state index contributed by atoms with van der Waals surface area (Å²) in [5.74, 6) is 0.726. The minimum atomic E-state index is 0.620. The van der Waals surface area contributed by atoms with Crippen LogP contribution in [-0.4, -0.2) is 6.61 Å². The molecule has 0 aliphatic rings. The Morgan fingerprint density at radius 1 is 1.50 bits per heavy atom. The zero-order chi connectivity index (χ0) is 8.97. The van der Waals surface area contributed by atoms with E-state index < -0.39 is 0 Å². The van der Waals surface area contributed by atoms with Gasteiger partial charge in [0, 0.05) is 4.90 Å². The molecule has 0 aliphatic carbocycles. The van der Waals surface area contributed by atoms with Crippen LogP contribution in [0.3, 0.4) is 0 Å². The van der Waals surface area contributed by atoms with Crippen LogP contribution in [0.25, 0.3) is 0 Å². The lowest BCUT2D eigenvalue weighted by atomic mass is 10.3. The molecule has 0 bridgehead atoms. The number of hydrogen-bond acceptors (Lipinski definition) is 3. The normalized spacial score (nSPS) is 9.83. The fraction of sp³-hybridized carbons (Fsp3) is 0.333. The van der Waals surface area contributed by atoms with Gasteiger partial charge in [-0.15, -0.1) is 12.6 Å². The van der Waals surface area contributed by atoms with Gasteiger partial charge in [0.15, 0.2) is 0 Å². The average molecular weight is 183 g/mol. The average Bonchev–Trinajstić information content (AvgIpc) is 2.08. The summed E-state index contributed by atoms with van der Waals surface area (Å²) in [5.41, 5.74) is 6.34. The third kappa shape index (κ3) is 2.08. The van der Waals surface area contributed by atoms with Crippen molar-refractivity contribution in [3.63, 3.8) is 0 Å². The molecule has 2 nitrogen and oxygen atoms in total. The van der Waals surface area contributed by atoms with Gasteiger partial charge in [-0.3, -0.25) is 0 Å². The number of nitrogen functional groups attached to an aromatic ring is 1. The summed E-state index contributed by atoms with van der Waals surface area (Å²) >= 11 is 4.18. The van der Waals surface area contributed by atoms with Gasteiger partial charge in [-0.2, -0.15) is 0 Å². The topological polar surface area (TPSA) is 35.2 Å². The molecule has 0 radical (unpaired) electrons. The van der Waals surface area contributed by atoms with E-state index in [1.54, 1.807) is 0 Å². The minimum Gasteiger partial charge on any atom is -0.491 e. The summed E-state index contributed by atoms with van der Waals surface area (Å²) in [4.78, 5) is 0.767. The molecule has 0 aliphatic heterocycles. The van der Waals surface area contributed by atoms with Crippen molar-refractivity contribution in [1.29, 1.82) is 0 Å². The van der Waals surface area contributed by atoms with Crippen molar-refractivity contribution in [1.82, 2.24) is 0 Å². The predicted molar refractivity (Wildman–Crippen MR) is 53.9 cm³/mol. The van der Waals surface area contributed by atoms with Crippen molar-refractivity contribution in [2.45, 2.75) is 18.2 Å². The third-order valence-corrected chi connectivity index (χ3v) is 1.89. The van der Waals surface area contributed by atoms with Crippen molar-refractivity contribution in [3.05, 3.63) is 18.2 Å². The second-order valence-electron chi connectivity index (χ2n) is 2.54.